The number of rotatable bonds is 4. The minimum atomic E-state index is -0.0172. The zero-order chi connectivity index (χ0) is 21.5. The van der Waals surface area contributed by atoms with Crippen LogP contribution in [0.5, 0.6) is 0 Å². The normalized spacial score (nSPS) is 26.3. The lowest BCUT2D eigenvalue weighted by molar-refractivity contribution is 0.0858. The summed E-state index contributed by atoms with van der Waals surface area (Å²) in [5.74, 6) is 0.793. The Kier molecular flexibility index (Phi) is 5.35. The molecule has 5 rings (SSSR count). The molecule has 0 aromatic heterocycles. The first kappa shape index (κ1) is 20.3. The van der Waals surface area contributed by atoms with Gasteiger partial charge in [-0.2, -0.15) is 0 Å². The van der Waals surface area contributed by atoms with Gasteiger partial charge in [-0.05, 0) is 74.3 Å². The van der Waals surface area contributed by atoms with Gasteiger partial charge in [0.05, 0.1) is 23.4 Å². The maximum absolute atomic E-state index is 13.2. The Hall–Kier alpha value is -2.59. The highest BCUT2D eigenvalue weighted by molar-refractivity contribution is 6.00. The highest BCUT2D eigenvalue weighted by Crippen LogP contribution is 2.51. The number of ether oxygens (including phenoxy) is 1. The summed E-state index contributed by atoms with van der Waals surface area (Å²) in [4.78, 5) is 13.2. The van der Waals surface area contributed by atoms with Crippen LogP contribution in [0.25, 0.3) is 0 Å². The zero-order valence-electron chi connectivity index (χ0n) is 18.7. The van der Waals surface area contributed by atoms with E-state index < -0.39 is 0 Å². The Morgan fingerprint density at radius 3 is 2.74 bits per heavy atom. The molecule has 1 fully saturated rings. The van der Waals surface area contributed by atoms with E-state index in [0.717, 1.165) is 37.1 Å². The minimum absolute atomic E-state index is 0.0172. The third-order valence-corrected chi connectivity index (χ3v) is 7.20. The van der Waals surface area contributed by atoms with Crippen LogP contribution < -0.4 is 10.6 Å². The molecule has 2 aromatic carbocycles. The van der Waals surface area contributed by atoms with Crippen LogP contribution in [0.15, 0.2) is 42.5 Å². The number of anilines is 1. The first-order valence-corrected chi connectivity index (χ1v) is 11.6. The lowest BCUT2D eigenvalue weighted by Crippen LogP contribution is -2.35. The predicted octanol–water partition coefficient (Wildman–Crippen LogP) is 5.35. The van der Waals surface area contributed by atoms with Crippen molar-refractivity contribution in [1.29, 1.82) is 0 Å². The highest BCUT2D eigenvalue weighted by atomic mass is 16.5. The number of hydrogen-bond donors (Lipinski definition) is 2. The predicted molar refractivity (Wildman–Crippen MR) is 125 cm³/mol. The molecule has 2 heterocycles. The van der Waals surface area contributed by atoms with Crippen LogP contribution in [0.3, 0.4) is 0 Å². The number of carbonyl (C=O) groups is 1. The third kappa shape index (κ3) is 3.67. The molecular weight excluding hydrogens is 384 g/mol. The van der Waals surface area contributed by atoms with Gasteiger partial charge in [-0.25, -0.2) is 0 Å². The number of benzene rings is 2. The number of aryl methyl sites for hydroxylation is 3. The van der Waals surface area contributed by atoms with Crippen molar-refractivity contribution in [3.63, 3.8) is 0 Å². The molecule has 2 N–H and O–H groups in total. The molecule has 4 nitrogen and oxygen atoms in total. The molecule has 0 bridgehead atoms. The number of allylic oxidation sites excluding steroid dienone is 2. The molecule has 0 saturated carbocycles. The van der Waals surface area contributed by atoms with Gasteiger partial charge in [-0.3, -0.25) is 4.79 Å². The van der Waals surface area contributed by atoms with Crippen LogP contribution in [0.1, 0.15) is 69.4 Å². The minimum Gasteiger partial charge on any atom is -0.377 e. The van der Waals surface area contributed by atoms with Crippen LogP contribution >= 0.6 is 0 Å². The van der Waals surface area contributed by atoms with Gasteiger partial charge in [0.1, 0.15) is 0 Å². The number of hydrogen-bond acceptors (Lipinski definition) is 3. The summed E-state index contributed by atoms with van der Waals surface area (Å²) >= 11 is 0. The van der Waals surface area contributed by atoms with Crippen LogP contribution in [0.4, 0.5) is 5.69 Å². The van der Waals surface area contributed by atoms with E-state index in [1.54, 1.807) is 0 Å². The summed E-state index contributed by atoms with van der Waals surface area (Å²) in [6.45, 7) is 7.96. The van der Waals surface area contributed by atoms with E-state index in [1.807, 2.05) is 12.1 Å². The summed E-state index contributed by atoms with van der Waals surface area (Å²) in [5, 5.41) is 6.94. The molecule has 162 valence electrons. The smallest absolute Gasteiger partial charge is 0.253 e. The number of nitrogens with one attached hydrogen (secondary N) is 2. The Morgan fingerprint density at radius 2 is 2.00 bits per heavy atom. The number of para-hydroxylation sites is 1. The van der Waals surface area contributed by atoms with E-state index in [0.29, 0.717) is 18.4 Å². The van der Waals surface area contributed by atoms with Crippen molar-refractivity contribution in [2.75, 3.05) is 18.5 Å². The average Bonchev–Trinajstić information content (AvgIpc) is 3.43. The second kappa shape index (κ2) is 8.16. The van der Waals surface area contributed by atoms with Crippen LogP contribution in [-0.2, 0) is 4.74 Å². The molecule has 31 heavy (non-hydrogen) atoms. The quantitative estimate of drug-likeness (QED) is 0.661. The van der Waals surface area contributed by atoms with Gasteiger partial charge in [0.25, 0.3) is 5.91 Å². The zero-order valence-corrected chi connectivity index (χ0v) is 18.7. The molecule has 0 spiro atoms. The Morgan fingerprint density at radius 1 is 1.19 bits per heavy atom. The van der Waals surface area contributed by atoms with E-state index in [1.165, 1.54) is 27.8 Å². The molecule has 1 aliphatic carbocycles. The first-order valence-electron chi connectivity index (χ1n) is 11.6. The van der Waals surface area contributed by atoms with Gasteiger partial charge in [0.15, 0.2) is 0 Å². The molecule has 4 heteroatoms. The van der Waals surface area contributed by atoms with Crippen molar-refractivity contribution >= 4 is 11.6 Å². The van der Waals surface area contributed by atoms with Gasteiger partial charge in [0.2, 0.25) is 0 Å². The summed E-state index contributed by atoms with van der Waals surface area (Å²) in [6, 6.07) is 10.9. The van der Waals surface area contributed by atoms with E-state index in [4.69, 9.17) is 4.74 Å². The van der Waals surface area contributed by atoms with Gasteiger partial charge >= 0.3 is 0 Å². The standard InChI is InChI=1S/C27H32N2O2/c1-16-13-17(2)24(18(3)14-16)26-22-10-4-8-20(22)21-9-5-11-23(25(21)29-26)27(30)28-15-19-7-6-12-31-19/h4-5,8-9,11,13-14,19-20,22,26,29H,6-7,10,12,15H2,1-3H3,(H,28,30). The van der Waals surface area contributed by atoms with Crippen molar-refractivity contribution < 1.29 is 9.53 Å². The third-order valence-electron chi connectivity index (χ3n) is 7.20. The van der Waals surface area contributed by atoms with Crippen molar-refractivity contribution in [3.8, 4) is 0 Å². The topological polar surface area (TPSA) is 50.4 Å². The van der Waals surface area contributed by atoms with Gasteiger partial charge in [0, 0.05) is 19.1 Å². The molecule has 2 aliphatic heterocycles. The van der Waals surface area contributed by atoms with Crippen molar-refractivity contribution in [2.45, 2.75) is 58.1 Å². The SMILES string of the molecule is Cc1cc(C)c(C2Nc3c(C(=O)NCC4CCCO4)cccc3C3C=CCC32)c(C)c1. The fourth-order valence-electron chi connectivity index (χ4n) is 5.89. The van der Waals surface area contributed by atoms with Crippen molar-refractivity contribution in [3.05, 3.63) is 75.9 Å². The molecule has 2 aromatic rings. The van der Waals surface area contributed by atoms with Gasteiger partial charge in [-0.15, -0.1) is 0 Å². The summed E-state index contributed by atoms with van der Waals surface area (Å²) in [6.07, 6.45) is 7.95. The Labute approximate surface area is 185 Å². The Balaban J connectivity index is 1.50. The number of amides is 1. The average molecular weight is 417 g/mol. The molecule has 1 saturated heterocycles. The molecule has 0 radical (unpaired) electrons. The van der Waals surface area contributed by atoms with E-state index in [9.17, 15) is 4.79 Å². The van der Waals surface area contributed by atoms with Gasteiger partial charge in [-0.1, -0.05) is 42.0 Å². The molecule has 4 unspecified atom stereocenters. The van der Waals surface area contributed by atoms with Crippen LogP contribution in [0.2, 0.25) is 0 Å². The lowest BCUT2D eigenvalue weighted by Gasteiger charge is -2.39. The number of carbonyl (C=O) groups excluding carboxylic acids is 1. The van der Waals surface area contributed by atoms with Crippen LogP contribution in [0, 0.1) is 26.7 Å². The highest BCUT2D eigenvalue weighted by Gasteiger charge is 2.40. The largest absolute Gasteiger partial charge is 0.377 e. The van der Waals surface area contributed by atoms with E-state index >= 15 is 0 Å². The van der Waals surface area contributed by atoms with Gasteiger partial charge < -0.3 is 15.4 Å². The maximum Gasteiger partial charge on any atom is 0.253 e. The molecule has 3 aliphatic rings. The Bertz CT molecular complexity index is 1010. The van der Waals surface area contributed by atoms with E-state index in [-0.39, 0.29) is 18.1 Å². The summed E-state index contributed by atoms with van der Waals surface area (Å²) < 4.78 is 5.68. The summed E-state index contributed by atoms with van der Waals surface area (Å²) in [7, 11) is 0. The van der Waals surface area contributed by atoms with Crippen molar-refractivity contribution in [2.24, 2.45) is 5.92 Å². The van der Waals surface area contributed by atoms with E-state index in [2.05, 4.69) is 61.8 Å². The summed E-state index contributed by atoms with van der Waals surface area (Å²) in [5.41, 5.74) is 8.29. The second-order valence-electron chi connectivity index (χ2n) is 9.40. The lowest BCUT2D eigenvalue weighted by atomic mass is 9.74. The fraction of sp³-hybridized carbons (Fsp3) is 0.444. The van der Waals surface area contributed by atoms with Crippen LogP contribution in [-0.4, -0.2) is 25.2 Å². The maximum atomic E-state index is 13.2. The second-order valence-corrected chi connectivity index (χ2v) is 9.40. The molecular formula is C27H32N2O2. The molecule has 4 atom stereocenters. The molecule has 1 amide bonds. The first-order chi connectivity index (χ1) is 15.0. The van der Waals surface area contributed by atoms with Crippen molar-refractivity contribution in [1.82, 2.24) is 5.32 Å². The monoisotopic (exact) mass is 416 g/mol. The number of fused-ring (bicyclic) bond motifs is 3. The fourth-order valence-corrected chi connectivity index (χ4v) is 5.89.